The summed E-state index contributed by atoms with van der Waals surface area (Å²) in [5, 5.41) is 43.1. The fourth-order valence-electron chi connectivity index (χ4n) is 3.59. The van der Waals surface area contributed by atoms with Crippen LogP contribution in [0.2, 0.25) is 0 Å². The zero-order chi connectivity index (χ0) is 15.4. The van der Waals surface area contributed by atoms with Crippen LogP contribution in [0.1, 0.15) is 30.1 Å². The summed E-state index contributed by atoms with van der Waals surface area (Å²) < 4.78 is 0. The minimum absolute atomic E-state index is 0.0883. The molecule has 4 heteroatoms. The van der Waals surface area contributed by atoms with Crippen LogP contribution < -0.4 is 0 Å². The third kappa shape index (κ3) is 1.67. The lowest BCUT2D eigenvalue weighted by molar-refractivity contribution is 0.158. The summed E-state index contributed by atoms with van der Waals surface area (Å²) in [7, 11) is 0. The molecule has 4 rings (SSSR count). The van der Waals surface area contributed by atoms with E-state index in [1.54, 1.807) is 12.1 Å². The Morgan fingerprint density at radius 1 is 0.909 bits per heavy atom. The largest absolute Gasteiger partial charge is 0.507 e. The van der Waals surface area contributed by atoms with Gasteiger partial charge in [-0.25, -0.2) is 0 Å². The number of hydrogen-bond acceptors (Lipinski definition) is 4. The molecule has 1 atom stereocenters. The predicted octanol–water partition coefficient (Wildman–Crippen LogP) is 3.48. The van der Waals surface area contributed by atoms with Crippen LogP contribution in [0.3, 0.4) is 0 Å². The molecule has 0 radical (unpaired) electrons. The summed E-state index contributed by atoms with van der Waals surface area (Å²) >= 11 is 0. The third-order valence-electron chi connectivity index (χ3n) is 4.60. The molecule has 1 aliphatic carbocycles. The van der Waals surface area contributed by atoms with Crippen LogP contribution >= 0.6 is 0 Å². The Morgan fingerprint density at radius 2 is 1.73 bits per heavy atom. The molecule has 0 amide bonds. The molecule has 0 fully saturated rings. The normalized spacial score (nSPS) is 17.8. The van der Waals surface area contributed by atoms with Gasteiger partial charge in [0.2, 0.25) is 0 Å². The fraction of sp³-hybridized carbons (Fsp3) is 0.222. The highest BCUT2D eigenvalue weighted by molar-refractivity contribution is 6.14. The Balaban J connectivity index is 2.24. The van der Waals surface area contributed by atoms with E-state index in [0.717, 1.165) is 24.0 Å². The van der Waals surface area contributed by atoms with Gasteiger partial charge in [0.25, 0.3) is 0 Å². The summed E-state index contributed by atoms with van der Waals surface area (Å²) in [6.07, 6.45) is 1.83. The number of phenolic OH excluding ortho intramolecular Hbond substituents is 3. The van der Waals surface area contributed by atoms with Crippen LogP contribution in [0.5, 0.6) is 17.2 Å². The molecule has 0 spiro atoms. The van der Waals surface area contributed by atoms with Gasteiger partial charge < -0.3 is 20.4 Å². The van der Waals surface area contributed by atoms with Crippen LogP contribution in [-0.4, -0.2) is 20.4 Å². The maximum Gasteiger partial charge on any atom is 0.166 e. The molecular weight excluding hydrogens is 280 g/mol. The maximum absolute atomic E-state index is 10.4. The second kappa shape index (κ2) is 4.52. The summed E-state index contributed by atoms with van der Waals surface area (Å²) in [4.78, 5) is 0. The number of benzene rings is 3. The number of fused-ring (bicyclic) bond motifs is 5. The molecule has 0 heterocycles. The van der Waals surface area contributed by atoms with Crippen LogP contribution in [0.25, 0.3) is 21.5 Å². The van der Waals surface area contributed by atoms with Crippen molar-refractivity contribution in [3.63, 3.8) is 0 Å². The van der Waals surface area contributed by atoms with Gasteiger partial charge in [0.1, 0.15) is 5.75 Å². The standard InChI is InChI=1S/C18H16O4/c19-12-3-1-2-9-4-6-11-15-10(5-7-13(20)18(15)22)8-14(21)17(11)16(9)12/h4-8,12,19-22H,1-3H2. The molecule has 0 aliphatic heterocycles. The lowest BCUT2D eigenvalue weighted by Gasteiger charge is -2.24. The van der Waals surface area contributed by atoms with Crippen molar-refractivity contribution in [3.8, 4) is 17.2 Å². The van der Waals surface area contributed by atoms with E-state index in [1.165, 1.54) is 6.07 Å². The molecule has 112 valence electrons. The van der Waals surface area contributed by atoms with Gasteiger partial charge in [-0.1, -0.05) is 18.2 Å². The van der Waals surface area contributed by atoms with Crippen molar-refractivity contribution in [1.82, 2.24) is 0 Å². The molecule has 0 saturated heterocycles. The number of rotatable bonds is 0. The van der Waals surface area contributed by atoms with E-state index in [2.05, 4.69) is 0 Å². The van der Waals surface area contributed by atoms with E-state index in [4.69, 9.17) is 0 Å². The van der Waals surface area contributed by atoms with Crippen LogP contribution in [-0.2, 0) is 6.42 Å². The van der Waals surface area contributed by atoms with Crippen LogP contribution in [0, 0.1) is 0 Å². The summed E-state index contributed by atoms with van der Waals surface area (Å²) in [6, 6.07) is 8.39. The topological polar surface area (TPSA) is 80.9 Å². The molecule has 3 aromatic carbocycles. The van der Waals surface area contributed by atoms with Gasteiger partial charge in [0, 0.05) is 10.8 Å². The number of aliphatic hydroxyl groups is 1. The Labute approximate surface area is 126 Å². The summed E-state index contributed by atoms with van der Waals surface area (Å²) in [5.41, 5.74) is 1.77. The van der Waals surface area contributed by atoms with Crippen LogP contribution in [0.4, 0.5) is 0 Å². The lowest BCUT2D eigenvalue weighted by Crippen LogP contribution is -2.09. The van der Waals surface area contributed by atoms with Gasteiger partial charge in [-0.3, -0.25) is 0 Å². The molecular formula is C18H16O4. The first-order valence-corrected chi connectivity index (χ1v) is 7.38. The Bertz CT molecular complexity index is 914. The molecule has 4 nitrogen and oxygen atoms in total. The van der Waals surface area contributed by atoms with E-state index >= 15 is 0 Å². The average molecular weight is 296 g/mol. The van der Waals surface area contributed by atoms with Crippen molar-refractivity contribution in [2.45, 2.75) is 25.4 Å². The maximum atomic E-state index is 10.4. The molecule has 1 unspecified atom stereocenters. The Morgan fingerprint density at radius 3 is 2.55 bits per heavy atom. The Kier molecular flexibility index (Phi) is 2.71. The number of aliphatic hydroxyl groups excluding tert-OH is 1. The first-order chi connectivity index (χ1) is 10.6. The Hall–Kier alpha value is -2.46. The smallest absolute Gasteiger partial charge is 0.166 e. The monoisotopic (exact) mass is 296 g/mol. The zero-order valence-electron chi connectivity index (χ0n) is 11.9. The highest BCUT2D eigenvalue weighted by atomic mass is 16.3. The van der Waals surface area contributed by atoms with Gasteiger partial charge in [0.05, 0.1) is 6.10 Å². The molecule has 0 saturated carbocycles. The van der Waals surface area contributed by atoms with E-state index in [1.807, 2.05) is 12.1 Å². The van der Waals surface area contributed by atoms with Gasteiger partial charge in [-0.15, -0.1) is 0 Å². The minimum atomic E-state index is -0.616. The van der Waals surface area contributed by atoms with Gasteiger partial charge in [-0.05, 0) is 53.3 Å². The number of aromatic hydroxyl groups is 3. The van der Waals surface area contributed by atoms with Gasteiger partial charge in [-0.2, -0.15) is 0 Å². The van der Waals surface area contributed by atoms with E-state index in [9.17, 15) is 20.4 Å². The van der Waals surface area contributed by atoms with E-state index in [-0.39, 0.29) is 17.2 Å². The minimum Gasteiger partial charge on any atom is -0.507 e. The fourth-order valence-corrected chi connectivity index (χ4v) is 3.59. The predicted molar refractivity (Wildman–Crippen MR) is 84.3 cm³/mol. The number of hydrogen-bond donors (Lipinski definition) is 4. The van der Waals surface area contributed by atoms with Gasteiger partial charge >= 0.3 is 0 Å². The van der Waals surface area contributed by atoms with E-state index in [0.29, 0.717) is 28.0 Å². The SMILES string of the molecule is Oc1ccc2cc(O)c3c4c(ccc3c2c1O)CCCC4O. The second-order valence-electron chi connectivity index (χ2n) is 5.90. The number of phenols is 3. The highest BCUT2D eigenvalue weighted by Crippen LogP contribution is 2.46. The van der Waals surface area contributed by atoms with Crippen molar-refractivity contribution >= 4 is 21.5 Å². The molecule has 4 N–H and O–H groups in total. The van der Waals surface area contributed by atoms with Gasteiger partial charge in [0.15, 0.2) is 11.5 Å². The molecule has 0 aromatic heterocycles. The number of aryl methyl sites for hydroxylation is 1. The van der Waals surface area contributed by atoms with Crippen molar-refractivity contribution in [2.24, 2.45) is 0 Å². The molecule has 1 aliphatic rings. The van der Waals surface area contributed by atoms with Crippen molar-refractivity contribution in [2.75, 3.05) is 0 Å². The highest BCUT2D eigenvalue weighted by Gasteiger charge is 2.24. The van der Waals surface area contributed by atoms with Crippen LogP contribution in [0.15, 0.2) is 30.3 Å². The van der Waals surface area contributed by atoms with Crippen molar-refractivity contribution in [3.05, 3.63) is 41.5 Å². The molecule has 3 aromatic rings. The quantitative estimate of drug-likeness (QED) is 0.378. The van der Waals surface area contributed by atoms with Crippen molar-refractivity contribution < 1.29 is 20.4 Å². The molecule has 0 bridgehead atoms. The first kappa shape index (κ1) is 13.2. The van der Waals surface area contributed by atoms with E-state index < -0.39 is 6.10 Å². The second-order valence-corrected chi connectivity index (χ2v) is 5.90. The third-order valence-corrected chi connectivity index (χ3v) is 4.60. The zero-order valence-corrected chi connectivity index (χ0v) is 11.9. The average Bonchev–Trinajstić information content (AvgIpc) is 2.51. The first-order valence-electron chi connectivity index (χ1n) is 7.38. The summed E-state index contributed by atoms with van der Waals surface area (Å²) in [6.45, 7) is 0. The summed E-state index contributed by atoms with van der Waals surface area (Å²) in [5.74, 6) is -0.309. The lowest BCUT2D eigenvalue weighted by atomic mass is 9.84. The van der Waals surface area contributed by atoms with Crippen molar-refractivity contribution in [1.29, 1.82) is 0 Å². The molecule has 22 heavy (non-hydrogen) atoms.